The number of ketones is 1. The van der Waals surface area contributed by atoms with Gasteiger partial charge in [0.25, 0.3) is 0 Å². The fourth-order valence-corrected chi connectivity index (χ4v) is 5.20. The van der Waals surface area contributed by atoms with Crippen LogP contribution in [-0.4, -0.2) is 34.9 Å². The molecular formula is C23H32N2O. The van der Waals surface area contributed by atoms with Crippen LogP contribution in [0.5, 0.6) is 0 Å². The number of fused-ring (bicyclic) bond motifs is 1. The third kappa shape index (κ3) is 2.55. The molecule has 4 rings (SSSR count). The topological polar surface area (TPSA) is 25.2 Å². The van der Waals surface area contributed by atoms with Crippen molar-refractivity contribution in [3.8, 4) is 0 Å². The van der Waals surface area contributed by atoms with E-state index in [1.165, 1.54) is 31.3 Å². The van der Waals surface area contributed by atoms with E-state index >= 15 is 0 Å². The standard InChI is InChI=1S/C23H32N2O/c1-22(2)21(23(22,3)4)20(26)18-15-25(19-12-7-6-11-17(18)19)14-16-10-8-9-13-24(16)5/h6-7,11-12,15-16,21H,8-10,13-14H2,1-5H3/t16-/m0/s1. The molecule has 0 unspecified atom stereocenters. The summed E-state index contributed by atoms with van der Waals surface area (Å²) in [6, 6.07) is 8.99. The highest BCUT2D eigenvalue weighted by molar-refractivity contribution is 6.11. The Balaban J connectivity index is 1.70. The highest BCUT2D eigenvalue weighted by Crippen LogP contribution is 2.69. The van der Waals surface area contributed by atoms with E-state index in [2.05, 4.69) is 74.7 Å². The number of likely N-dealkylation sites (tertiary alicyclic amines) is 1. The Hall–Kier alpha value is -1.61. The highest BCUT2D eigenvalue weighted by Gasteiger charge is 2.68. The number of likely N-dealkylation sites (N-methyl/N-ethyl adjacent to an activating group) is 1. The molecule has 26 heavy (non-hydrogen) atoms. The van der Waals surface area contributed by atoms with Crippen LogP contribution in [0.3, 0.4) is 0 Å². The Bertz CT molecular complexity index is 831. The molecule has 0 spiro atoms. The fourth-order valence-electron chi connectivity index (χ4n) is 5.20. The molecule has 1 saturated heterocycles. The van der Waals surface area contributed by atoms with Gasteiger partial charge in [-0.15, -0.1) is 0 Å². The monoisotopic (exact) mass is 352 g/mol. The van der Waals surface area contributed by atoms with Gasteiger partial charge in [0.1, 0.15) is 0 Å². The van der Waals surface area contributed by atoms with Crippen LogP contribution in [-0.2, 0) is 6.54 Å². The highest BCUT2D eigenvalue weighted by atomic mass is 16.1. The van der Waals surface area contributed by atoms with Crippen LogP contribution in [0.2, 0.25) is 0 Å². The summed E-state index contributed by atoms with van der Waals surface area (Å²) in [5.74, 6) is 0.443. The van der Waals surface area contributed by atoms with Gasteiger partial charge < -0.3 is 9.47 Å². The van der Waals surface area contributed by atoms with Gasteiger partial charge in [0.2, 0.25) is 0 Å². The number of nitrogens with zero attached hydrogens (tertiary/aromatic N) is 2. The molecule has 1 aromatic carbocycles. The summed E-state index contributed by atoms with van der Waals surface area (Å²) in [7, 11) is 2.23. The predicted molar refractivity (Wildman–Crippen MR) is 108 cm³/mol. The molecule has 140 valence electrons. The lowest BCUT2D eigenvalue weighted by Crippen LogP contribution is -2.39. The van der Waals surface area contributed by atoms with Crippen molar-refractivity contribution in [2.45, 2.75) is 59.5 Å². The second-order valence-electron chi connectivity index (χ2n) is 9.58. The van der Waals surface area contributed by atoms with E-state index in [0.717, 1.165) is 17.5 Å². The largest absolute Gasteiger partial charge is 0.345 e. The zero-order chi connectivity index (χ0) is 18.7. The molecule has 2 aliphatic rings. The van der Waals surface area contributed by atoms with E-state index in [1.807, 2.05) is 0 Å². The molecule has 1 aliphatic heterocycles. The molecule has 2 heterocycles. The third-order valence-electron chi connectivity index (χ3n) is 7.67. The molecule has 2 fully saturated rings. The van der Waals surface area contributed by atoms with Crippen LogP contribution in [0.15, 0.2) is 30.5 Å². The van der Waals surface area contributed by atoms with Crippen molar-refractivity contribution >= 4 is 16.7 Å². The zero-order valence-corrected chi connectivity index (χ0v) is 16.9. The first-order valence-corrected chi connectivity index (χ1v) is 10.1. The molecule has 3 heteroatoms. The summed E-state index contributed by atoms with van der Waals surface area (Å²) in [5.41, 5.74) is 2.28. The summed E-state index contributed by atoms with van der Waals surface area (Å²) in [4.78, 5) is 15.9. The van der Waals surface area contributed by atoms with Crippen molar-refractivity contribution in [3.63, 3.8) is 0 Å². The summed E-state index contributed by atoms with van der Waals surface area (Å²) in [5, 5.41) is 1.12. The minimum absolute atomic E-state index is 0.0802. The van der Waals surface area contributed by atoms with Crippen LogP contribution in [0.25, 0.3) is 10.9 Å². The quantitative estimate of drug-likeness (QED) is 0.724. The molecule has 1 aliphatic carbocycles. The fraction of sp³-hybridized carbons (Fsp3) is 0.609. The molecule has 3 nitrogen and oxygen atoms in total. The van der Waals surface area contributed by atoms with Gasteiger partial charge in [0.15, 0.2) is 5.78 Å². The second-order valence-corrected chi connectivity index (χ2v) is 9.58. The summed E-state index contributed by atoms with van der Waals surface area (Å²) in [6.45, 7) is 11.1. The van der Waals surface area contributed by atoms with E-state index in [4.69, 9.17) is 0 Å². The lowest BCUT2D eigenvalue weighted by Gasteiger charge is -2.32. The number of benzene rings is 1. The Kier molecular flexibility index (Phi) is 4.07. The maximum atomic E-state index is 13.4. The average molecular weight is 353 g/mol. The van der Waals surface area contributed by atoms with Gasteiger partial charge in [0, 0.05) is 41.2 Å². The smallest absolute Gasteiger partial charge is 0.169 e. The number of aromatic nitrogens is 1. The number of carbonyl (C=O) groups excluding carboxylic acids is 1. The van der Waals surface area contributed by atoms with Gasteiger partial charge in [-0.25, -0.2) is 0 Å². The first-order valence-electron chi connectivity index (χ1n) is 10.1. The molecule has 0 bridgehead atoms. The first-order chi connectivity index (χ1) is 12.2. The number of para-hydroxylation sites is 1. The van der Waals surface area contributed by atoms with E-state index in [0.29, 0.717) is 11.8 Å². The summed E-state index contributed by atoms with van der Waals surface area (Å²) >= 11 is 0. The zero-order valence-electron chi connectivity index (χ0n) is 16.9. The van der Waals surface area contributed by atoms with Crippen molar-refractivity contribution in [1.29, 1.82) is 0 Å². The molecule has 0 radical (unpaired) electrons. The van der Waals surface area contributed by atoms with Crippen molar-refractivity contribution in [2.24, 2.45) is 16.7 Å². The molecule has 1 saturated carbocycles. The molecule has 0 amide bonds. The number of hydrogen-bond donors (Lipinski definition) is 0. The minimum atomic E-state index is 0.0802. The normalized spacial score (nSPS) is 25.5. The molecule has 1 atom stereocenters. The van der Waals surface area contributed by atoms with E-state index < -0.39 is 0 Å². The Morgan fingerprint density at radius 1 is 1.12 bits per heavy atom. The number of piperidine rings is 1. The van der Waals surface area contributed by atoms with E-state index in [-0.39, 0.29) is 16.7 Å². The number of rotatable bonds is 4. The molecular weight excluding hydrogens is 320 g/mol. The average Bonchev–Trinajstić information content (AvgIpc) is 2.88. The van der Waals surface area contributed by atoms with Crippen LogP contribution in [0.1, 0.15) is 57.3 Å². The number of Topliss-reactive ketones (excluding diaryl/α,β-unsaturated/α-hetero) is 1. The van der Waals surface area contributed by atoms with Gasteiger partial charge in [-0.05, 0) is 43.3 Å². The third-order valence-corrected chi connectivity index (χ3v) is 7.67. The first kappa shape index (κ1) is 17.8. The van der Waals surface area contributed by atoms with Crippen molar-refractivity contribution in [3.05, 3.63) is 36.0 Å². The summed E-state index contributed by atoms with van der Waals surface area (Å²) < 4.78 is 2.33. The maximum Gasteiger partial charge on any atom is 0.169 e. The van der Waals surface area contributed by atoms with Gasteiger partial charge in [-0.1, -0.05) is 52.3 Å². The van der Waals surface area contributed by atoms with Crippen LogP contribution in [0.4, 0.5) is 0 Å². The van der Waals surface area contributed by atoms with Crippen LogP contribution in [0, 0.1) is 16.7 Å². The van der Waals surface area contributed by atoms with Crippen molar-refractivity contribution in [1.82, 2.24) is 9.47 Å². The Labute approximate surface area is 157 Å². The molecule has 0 N–H and O–H groups in total. The Morgan fingerprint density at radius 3 is 2.46 bits per heavy atom. The maximum absolute atomic E-state index is 13.4. The SMILES string of the molecule is CN1CCCC[C@H]1Cn1cc(C(=O)C2C(C)(C)C2(C)C)c2ccccc21. The van der Waals surface area contributed by atoms with Crippen LogP contribution >= 0.6 is 0 Å². The minimum Gasteiger partial charge on any atom is -0.345 e. The van der Waals surface area contributed by atoms with E-state index in [1.54, 1.807) is 0 Å². The predicted octanol–water partition coefficient (Wildman–Crippen LogP) is 4.99. The van der Waals surface area contributed by atoms with Crippen molar-refractivity contribution < 1.29 is 4.79 Å². The second kappa shape index (κ2) is 5.95. The van der Waals surface area contributed by atoms with Gasteiger partial charge >= 0.3 is 0 Å². The van der Waals surface area contributed by atoms with Crippen LogP contribution < -0.4 is 0 Å². The molecule has 1 aromatic heterocycles. The van der Waals surface area contributed by atoms with Gasteiger partial charge in [-0.2, -0.15) is 0 Å². The van der Waals surface area contributed by atoms with Crippen molar-refractivity contribution in [2.75, 3.05) is 13.6 Å². The number of hydrogen-bond acceptors (Lipinski definition) is 2. The van der Waals surface area contributed by atoms with E-state index in [9.17, 15) is 4.79 Å². The number of carbonyl (C=O) groups is 1. The van der Waals surface area contributed by atoms with Gasteiger partial charge in [-0.3, -0.25) is 4.79 Å². The van der Waals surface area contributed by atoms with Gasteiger partial charge in [0.05, 0.1) is 0 Å². The lowest BCUT2D eigenvalue weighted by molar-refractivity contribution is 0.0946. The molecule has 2 aromatic rings. The lowest BCUT2D eigenvalue weighted by atomic mass is 10.0. The summed E-state index contributed by atoms with van der Waals surface area (Å²) in [6.07, 6.45) is 5.99. The Morgan fingerprint density at radius 2 is 1.81 bits per heavy atom.